The van der Waals surface area contributed by atoms with Gasteiger partial charge in [-0.05, 0) is 41.3 Å². The van der Waals surface area contributed by atoms with Crippen LogP contribution in [0.3, 0.4) is 0 Å². The van der Waals surface area contributed by atoms with Gasteiger partial charge in [-0.3, -0.25) is 0 Å². The maximum absolute atomic E-state index is 10.2. The number of likely N-dealkylation sites (N-methyl/N-ethyl adjacent to an activating group) is 1. The molecule has 2 heteroatoms. The minimum atomic E-state index is -0.469. The highest BCUT2D eigenvalue weighted by Gasteiger charge is 2.13. The average molecular weight is 269 g/mol. The van der Waals surface area contributed by atoms with Crippen LogP contribution in [-0.2, 0) is 0 Å². The first kappa shape index (κ1) is 14.8. The number of nitrogens with one attached hydrogen (secondary N) is 1. The van der Waals surface area contributed by atoms with E-state index in [2.05, 4.69) is 55.6 Å². The van der Waals surface area contributed by atoms with Gasteiger partial charge in [0.2, 0.25) is 0 Å². The lowest BCUT2D eigenvalue weighted by atomic mass is 9.90. The third kappa shape index (κ3) is 3.27. The maximum Gasteiger partial charge on any atom is 0.0914 e. The van der Waals surface area contributed by atoms with E-state index in [4.69, 9.17) is 0 Å². The van der Waals surface area contributed by atoms with Crippen molar-refractivity contribution in [3.63, 3.8) is 0 Å². The minimum Gasteiger partial charge on any atom is -0.387 e. The molecule has 2 nitrogen and oxygen atoms in total. The van der Waals surface area contributed by atoms with E-state index >= 15 is 0 Å². The summed E-state index contributed by atoms with van der Waals surface area (Å²) >= 11 is 0. The average Bonchev–Trinajstić information content (AvgIpc) is 2.47. The fourth-order valence-electron chi connectivity index (χ4n) is 2.46. The van der Waals surface area contributed by atoms with Crippen molar-refractivity contribution in [3.05, 3.63) is 59.7 Å². The van der Waals surface area contributed by atoms with Gasteiger partial charge in [-0.2, -0.15) is 0 Å². The lowest BCUT2D eigenvalue weighted by Crippen LogP contribution is -2.16. The zero-order chi connectivity index (χ0) is 14.5. The first-order valence-corrected chi connectivity index (χ1v) is 7.15. The van der Waals surface area contributed by atoms with Crippen LogP contribution in [0.4, 0.5) is 0 Å². The van der Waals surface area contributed by atoms with Crippen LogP contribution in [0, 0.1) is 0 Å². The molecule has 0 bridgehead atoms. The highest BCUT2D eigenvalue weighted by atomic mass is 16.3. The van der Waals surface area contributed by atoms with Gasteiger partial charge in [0.25, 0.3) is 0 Å². The van der Waals surface area contributed by atoms with Crippen molar-refractivity contribution in [3.8, 4) is 11.1 Å². The molecular formula is C18H23NO. The summed E-state index contributed by atoms with van der Waals surface area (Å²) in [5.41, 5.74) is 4.70. The molecular weight excluding hydrogens is 246 g/mol. The van der Waals surface area contributed by atoms with E-state index in [1.807, 2.05) is 19.2 Å². The zero-order valence-electron chi connectivity index (χ0n) is 12.4. The summed E-state index contributed by atoms with van der Waals surface area (Å²) in [5.74, 6) is 0.459. The summed E-state index contributed by atoms with van der Waals surface area (Å²) in [4.78, 5) is 0. The van der Waals surface area contributed by atoms with Crippen molar-refractivity contribution in [1.82, 2.24) is 5.32 Å². The van der Waals surface area contributed by atoms with Crippen LogP contribution in [0.1, 0.15) is 37.0 Å². The van der Waals surface area contributed by atoms with Gasteiger partial charge in [0, 0.05) is 6.54 Å². The first-order valence-electron chi connectivity index (χ1n) is 7.15. The molecule has 0 saturated carbocycles. The van der Waals surface area contributed by atoms with Gasteiger partial charge < -0.3 is 10.4 Å². The van der Waals surface area contributed by atoms with Crippen molar-refractivity contribution in [1.29, 1.82) is 0 Å². The molecule has 106 valence electrons. The van der Waals surface area contributed by atoms with Crippen LogP contribution >= 0.6 is 0 Å². The Morgan fingerprint density at radius 1 is 1.05 bits per heavy atom. The number of aliphatic hydroxyl groups excluding tert-OH is 1. The van der Waals surface area contributed by atoms with Crippen molar-refractivity contribution < 1.29 is 5.11 Å². The van der Waals surface area contributed by atoms with Crippen LogP contribution in [0.15, 0.2) is 48.5 Å². The number of hydrogen-bond acceptors (Lipinski definition) is 2. The van der Waals surface area contributed by atoms with Crippen molar-refractivity contribution >= 4 is 0 Å². The molecule has 0 radical (unpaired) electrons. The summed E-state index contributed by atoms with van der Waals surface area (Å²) in [6.45, 7) is 4.96. The fourth-order valence-corrected chi connectivity index (χ4v) is 2.46. The predicted molar refractivity (Wildman–Crippen MR) is 84.9 cm³/mol. The van der Waals surface area contributed by atoms with Gasteiger partial charge in [0.05, 0.1) is 6.10 Å². The second-order valence-corrected chi connectivity index (χ2v) is 5.44. The summed E-state index contributed by atoms with van der Waals surface area (Å²) in [5, 5.41) is 13.2. The predicted octanol–water partition coefficient (Wildman–Crippen LogP) is 3.73. The topological polar surface area (TPSA) is 32.3 Å². The Hall–Kier alpha value is -1.64. The molecule has 0 fully saturated rings. The molecule has 2 N–H and O–H groups in total. The van der Waals surface area contributed by atoms with E-state index in [0.29, 0.717) is 12.5 Å². The van der Waals surface area contributed by atoms with Gasteiger partial charge >= 0.3 is 0 Å². The number of aliphatic hydroxyl groups is 1. The monoisotopic (exact) mass is 269 g/mol. The smallest absolute Gasteiger partial charge is 0.0914 e. The van der Waals surface area contributed by atoms with Gasteiger partial charge in [-0.25, -0.2) is 0 Å². The number of hydrogen-bond donors (Lipinski definition) is 2. The molecule has 0 heterocycles. The summed E-state index contributed by atoms with van der Waals surface area (Å²) in [7, 11) is 1.85. The van der Waals surface area contributed by atoms with Gasteiger partial charge in [0.1, 0.15) is 0 Å². The molecule has 0 spiro atoms. The summed E-state index contributed by atoms with van der Waals surface area (Å²) in [6, 6.07) is 16.7. The Balaban J connectivity index is 2.48. The molecule has 0 aliphatic rings. The zero-order valence-corrected chi connectivity index (χ0v) is 12.4. The van der Waals surface area contributed by atoms with Crippen LogP contribution in [0.25, 0.3) is 11.1 Å². The number of benzene rings is 2. The molecule has 0 amide bonds. The largest absolute Gasteiger partial charge is 0.387 e. The molecule has 1 unspecified atom stereocenters. The Morgan fingerprint density at radius 3 is 2.35 bits per heavy atom. The maximum atomic E-state index is 10.2. The van der Waals surface area contributed by atoms with E-state index in [1.165, 1.54) is 16.7 Å². The Morgan fingerprint density at radius 2 is 1.75 bits per heavy atom. The van der Waals surface area contributed by atoms with Gasteiger partial charge in [-0.1, -0.05) is 56.3 Å². The highest BCUT2D eigenvalue weighted by molar-refractivity contribution is 5.69. The van der Waals surface area contributed by atoms with Crippen LogP contribution in [-0.4, -0.2) is 18.7 Å². The van der Waals surface area contributed by atoms with Crippen molar-refractivity contribution in [2.24, 2.45) is 0 Å². The van der Waals surface area contributed by atoms with Crippen LogP contribution in [0.5, 0.6) is 0 Å². The quantitative estimate of drug-likeness (QED) is 0.867. The Kier molecular flexibility index (Phi) is 4.94. The lowest BCUT2D eigenvalue weighted by molar-refractivity contribution is 0.178. The second kappa shape index (κ2) is 6.69. The van der Waals surface area contributed by atoms with Gasteiger partial charge in [-0.15, -0.1) is 0 Å². The molecule has 2 rings (SSSR count). The molecule has 0 saturated heterocycles. The first-order chi connectivity index (χ1) is 9.63. The van der Waals surface area contributed by atoms with Crippen LogP contribution in [0.2, 0.25) is 0 Å². The SMILES string of the molecule is CNCC(O)c1ccc(C(C)C)c(-c2ccccc2)c1. The van der Waals surface area contributed by atoms with Gasteiger partial charge in [0.15, 0.2) is 0 Å². The van der Waals surface area contributed by atoms with E-state index < -0.39 is 6.10 Å². The summed E-state index contributed by atoms with van der Waals surface area (Å²) < 4.78 is 0. The number of rotatable bonds is 5. The third-order valence-corrected chi connectivity index (χ3v) is 3.57. The van der Waals surface area contributed by atoms with Crippen LogP contribution < -0.4 is 5.32 Å². The Labute approximate surface area is 121 Å². The Bertz CT molecular complexity index is 549. The van der Waals surface area contributed by atoms with Crippen molar-refractivity contribution in [2.45, 2.75) is 25.9 Å². The summed E-state index contributed by atoms with van der Waals surface area (Å²) in [6.07, 6.45) is -0.469. The normalized spacial score (nSPS) is 12.7. The standard InChI is InChI=1S/C18H23NO/c1-13(2)16-10-9-15(18(20)12-19-3)11-17(16)14-7-5-4-6-8-14/h4-11,13,18-20H,12H2,1-3H3. The second-order valence-electron chi connectivity index (χ2n) is 5.44. The van der Waals surface area contributed by atoms with E-state index in [9.17, 15) is 5.11 Å². The van der Waals surface area contributed by atoms with E-state index in [0.717, 1.165) is 5.56 Å². The van der Waals surface area contributed by atoms with Crippen molar-refractivity contribution in [2.75, 3.05) is 13.6 Å². The third-order valence-electron chi connectivity index (χ3n) is 3.57. The molecule has 20 heavy (non-hydrogen) atoms. The minimum absolute atomic E-state index is 0.459. The molecule has 2 aromatic carbocycles. The molecule has 1 atom stereocenters. The van der Waals surface area contributed by atoms with E-state index in [1.54, 1.807) is 0 Å². The van der Waals surface area contributed by atoms with E-state index in [-0.39, 0.29) is 0 Å². The molecule has 0 aromatic heterocycles. The molecule has 2 aromatic rings. The fraction of sp³-hybridized carbons (Fsp3) is 0.333. The molecule has 0 aliphatic heterocycles. The highest BCUT2D eigenvalue weighted by Crippen LogP contribution is 2.31. The molecule has 0 aliphatic carbocycles. The lowest BCUT2D eigenvalue weighted by Gasteiger charge is -2.17.